The molecule has 7 nitrogen and oxygen atoms in total. The van der Waals surface area contributed by atoms with E-state index in [0.29, 0.717) is 42.5 Å². The Hall–Kier alpha value is -2.09. The molecule has 1 fully saturated rings. The first-order valence-corrected chi connectivity index (χ1v) is 10.5. The van der Waals surface area contributed by atoms with Crippen LogP contribution >= 0.6 is 23.2 Å². The molecule has 0 radical (unpaired) electrons. The molecule has 1 atom stereocenters. The second kappa shape index (κ2) is 8.96. The zero-order chi connectivity index (χ0) is 22.1. The number of methoxy groups -OCH3 is 1. The van der Waals surface area contributed by atoms with Crippen molar-refractivity contribution in [2.75, 3.05) is 38.2 Å². The molecule has 0 N–H and O–H groups in total. The van der Waals surface area contributed by atoms with Gasteiger partial charge >= 0.3 is 5.97 Å². The minimum absolute atomic E-state index is 0.156. The highest BCUT2D eigenvalue weighted by molar-refractivity contribution is 6.33. The molecule has 2 aromatic rings. The van der Waals surface area contributed by atoms with Crippen LogP contribution in [0.25, 0.3) is 0 Å². The van der Waals surface area contributed by atoms with Crippen LogP contribution in [0.2, 0.25) is 10.0 Å². The lowest BCUT2D eigenvalue weighted by atomic mass is 10.0. The number of hydrogen-bond donors (Lipinski definition) is 0. The van der Waals surface area contributed by atoms with Crippen molar-refractivity contribution in [3.8, 4) is 0 Å². The van der Waals surface area contributed by atoms with E-state index in [1.165, 1.54) is 11.8 Å². The standard InChI is InChI=1S/C21H26Cl2N4O3/c1-21(2,3)27-19(28)17(23)16(13-24-27)25-9-11-26(12-10-25)18(20(29)30-4)14-7-5-6-8-15(14)22/h5-8,13,18H,9-12H2,1-4H3. The fourth-order valence-corrected chi connectivity index (χ4v) is 4.11. The van der Waals surface area contributed by atoms with E-state index in [1.807, 2.05) is 48.8 Å². The Labute approximate surface area is 186 Å². The minimum atomic E-state index is -0.590. The minimum Gasteiger partial charge on any atom is -0.468 e. The molecule has 1 aliphatic rings. The van der Waals surface area contributed by atoms with Gasteiger partial charge in [0.1, 0.15) is 11.1 Å². The number of benzene rings is 1. The smallest absolute Gasteiger partial charge is 0.327 e. The van der Waals surface area contributed by atoms with Crippen molar-refractivity contribution in [3.05, 3.63) is 56.4 Å². The molecule has 1 aromatic heterocycles. The first-order valence-electron chi connectivity index (χ1n) is 9.74. The lowest BCUT2D eigenvalue weighted by Crippen LogP contribution is -2.50. The summed E-state index contributed by atoms with van der Waals surface area (Å²) < 4.78 is 6.43. The van der Waals surface area contributed by atoms with Crippen molar-refractivity contribution in [3.63, 3.8) is 0 Å². The van der Waals surface area contributed by atoms with Crippen LogP contribution in [-0.4, -0.2) is 53.9 Å². The van der Waals surface area contributed by atoms with Gasteiger partial charge in [0, 0.05) is 31.2 Å². The molecule has 0 amide bonds. The van der Waals surface area contributed by atoms with Crippen LogP contribution < -0.4 is 10.5 Å². The fourth-order valence-electron chi connectivity index (χ4n) is 3.62. The molecule has 0 spiro atoms. The van der Waals surface area contributed by atoms with Crippen LogP contribution in [0.3, 0.4) is 0 Å². The summed E-state index contributed by atoms with van der Waals surface area (Å²) in [5.41, 5.74) is 0.550. The van der Waals surface area contributed by atoms with Gasteiger partial charge in [-0.15, -0.1) is 0 Å². The summed E-state index contributed by atoms with van der Waals surface area (Å²) in [5, 5.41) is 4.99. The highest BCUT2D eigenvalue weighted by atomic mass is 35.5. The highest BCUT2D eigenvalue weighted by Crippen LogP contribution is 2.31. The monoisotopic (exact) mass is 452 g/mol. The maximum atomic E-state index is 12.7. The molecular weight excluding hydrogens is 427 g/mol. The van der Waals surface area contributed by atoms with Gasteiger partial charge in [0.15, 0.2) is 0 Å². The molecule has 9 heteroatoms. The summed E-state index contributed by atoms with van der Waals surface area (Å²) in [7, 11) is 1.37. The molecule has 1 unspecified atom stereocenters. The van der Waals surface area contributed by atoms with Crippen molar-refractivity contribution in [2.45, 2.75) is 32.4 Å². The first-order chi connectivity index (χ1) is 14.1. The quantitative estimate of drug-likeness (QED) is 0.662. The number of halogens is 2. The summed E-state index contributed by atoms with van der Waals surface area (Å²) >= 11 is 12.8. The highest BCUT2D eigenvalue weighted by Gasteiger charge is 2.33. The number of carbonyl (C=O) groups excluding carboxylic acids is 1. The SMILES string of the molecule is COC(=O)C(c1ccccc1Cl)N1CCN(c2cnn(C(C)(C)C)c(=O)c2Cl)CC1. The summed E-state index contributed by atoms with van der Waals surface area (Å²) in [6.45, 7) is 8.01. The second-order valence-corrected chi connectivity index (χ2v) is 8.99. The van der Waals surface area contributed by atoms with Crippen LogP contribution in [0.15, 0.2) is 35.3 Å². The third-order valence-corrected chi connectivity index (χ3v) is 5.88. The average molecular weight is 453 g/mol. The van der Waals surface area contributed by atoms with Gasteiger partial charge in [-0.05, 0) is 32.4 Å². The lowest BCUT2D eigenvalue weighted by Gasteiger charge is -2.39. The van der Waals surface area contributed by atoms with Crippen LogP contribution in [0, 0.1) is 0 Å². The molecule has 1 aliphatic heterocycles. The number of ether oxygens (including phenoxy) is 1. The van der Waals surface area contributed by atoms with Gasteiger partial charge in [0.2, 0.25) is 0 Å². The Kier molecular flexibility index (Phi) is 6.75. The van der Waals surface area contributed by atoms with E-state index >= 15 is 0 Å². The van der Waals surface area contributed by atoms with Crippen LogP contribution in [0.1, 0.15) is 32.4 Å². The van der Waals surface area contributed by atoms with Crippen LogP contribution in [-0.2, 0) is 15.1 Å². The van der Waals surface area contributed by atoms with E-state index in [-0.39, 0.29) is 16.6 Å². The molecule has 2 heterocycles. The van der Waals surface area contributed by atoms with Gasteiger partial charge in [0.25, 0.3) is 5.56 Å². The molecule has 0 aliphatic carbocycles. The zero-order valence-corrected chi connectivity index (χ0v) is 19.1. The van der Waals surface area contributed by atoms with Crippen molar-refractivity contribution < 1.29 is 9.53 Å². The van der Waals surface area contributed by atoms with Gasteiger partial charge in [0.05, 0.1) is 24.5 Å². The van der Waals surface area contributed by atoms with Crippen LogP contribution in [0.5, 0.6) is 0 Å². The van der Waals surface area contributed by atoms with E-state index in [9.17, 15) is 9.59 Å². The summed E-state index contributed by atoms with van der Waals surface area (Å²) in [6, 6.07) is 6.69. The van der Waals surface area contributed by atoms with E-state index in [2.05, 4.69) is 5.10 Å². The molecular formula is C21H26Cl2N4O3. The maximum absolute atomic E-state index is 12.7. The zero-order valence-electron chi connectivity index (χ0n) is 17.6. The number of rotatable bonds is 4. The van der Waals surface area contributed by atoms with E-state index in [1.54, 1.807) is 12.3 Å². The van der Waals surface area contributed by atoms with Gasteiger partial charge in [-0.1, -0.05) is 41.4 Å². The van der Waals surface area contributed by atoms with Gasteiger partial charge in [-0.25, -0.2) is 9.48 Å². The number of carbonyl (C=O) groups is 1. The molecule has 3 rings (SSSR count). The molecule has 0 bridgehead atoms. The van der Waals surface area contributed by atoms with Crippen molar-refractivity contribution >= 4 is 34.9 Å². The Morgan fingerprint density at radius 2 is 1.77 bits per heavy atom. The Morgan fingerprint density at radius 1 is 1.13 bits per heavy atom. The van der Waals surface area contributed by atoms with Gasteiger partial charge in [-0.3, -0.25) is 9.69 Å². The molecule has 1 aromatic carbocycles. The van der Waals surface area contributed by atoms with Gasteiger partial charge in [-0.2, -0.15) is 5.10 Å². The second-order valence-electron chi connectivity index (χ2n) is 8.20. The molecule has 30 heavy (non-hydrogen) atoms. The fraction of sp³-hybridized carbons (Fsp3) is 0.476. The van der Waals surface area contributed by atoms with Crippen LogP contribution in [0.4, 0.5) is 5.69 Å². The largest absolute Gasteiger partial charge is 0.468 e. The first kappa shape index (κ1) is 22.6. The molecule has 162 valence electrons. The summed E-state index contributed by atoms with van der Waals surface area (Å²) in [5.74, 6) is -0.357. The Balaban J connectivity index is 1.81. The van der Waals surface area contributed by atoms with Crippen molar-refractivity contribution in [1.82, 2.24) is 14.7 Å². The molecule has 0 saturated carbocycles. The van der Waals surface area contributed by atoms with E-state index in [4.69, 9.17) is 27.9 Å². The van der Waals surface area contributed by atoms with Crippen molar-refractivity contribution in [2.24, 2.45) is 0 Å². The Morgan fingerprint density at radius 3 is 2.33 bits per heavy atom. The average Bonchev–Trinajstić information content (AvgIpc) is 2.71. The summed E-state index contributed by atoms with van der Waals surface area (Å²) in [6.07, 6.45) is 1.64. The maximum Gasteiger partial charge on any atom is 0.327 e. The third-order valence-electron chi connectivity index (χ3n) is 5.18. The van der Waals surface area contributed by atoms with Crippen molar-refractivity contribution in [1.29, 1.82) is 0 Å². The normalized spacial score (nSPS) is 16.4. The topological polar surface area (TPSA) is 67.7 Å². The van der Waals surface area contributed by atoms with Gasteiger partial charge < -0.3 is 9.64 Å². The van der Waals surface area contributed by atoms with E-state index in [0.717, 1.165) is 0 Å². The number of esters is 1. The number of anilines is 1. The number of aromatic nitrogens is 2. The number of hydrogen-bond acceptors (Lipinski definition) is 6. The third kappa shape index (κ3) is 4.48. The summed E-state index contributed by atoms with van der Waals surface area (Å²) in [4.78, 5) is 29.2. The number of piperazine rings is 1. The molecule has 1 saturated heterocycles. The number of nitrogens with zero attached hydrogens (tertiary/aromatic N) is 4. The van der Waals surface area contributed by atoms with E-state index < -0.39 is 11.6 Å². The lowest BCUT2D eigenvalue weighted by molar-refractivity contribution is -0.147. The Bertz CT molecular complexity index is 979. The predicted molar refractivity (Wildman–Crippen MR) is 118 cm³/mol. The predicted octanol–water partition coefficient (Wildman–Crippen LogP) is 3.34.